The van der Waals surface area contributed by atoms with Crippen LogP contribution in [0.4, 0.5) is 0 Å². The normalized spacial score (nSPS) is 12.8. The van der Waals surface area contributed by atoms with Gasteiger partial charge in [0.15, 0.2) is 0 Å². The zero-order valence-corrected chi connectivity index (χ0v) is 28.4. The summed E-state index contributed by atoms with van der Waals surface area (Å²) in [5.41, 5.74) is 1.85. The van der Waals surface area contributed by atoms with Crippen LogP contribution in [0.1, 0.15) is 20.8 Å². The van der Waals surface area contributed by atoms with E-state index in [2.05, 4.69) is 156 Å². The van der Waals surface area contributed by atoms with E-state index in [-0.39, 0.29) is 4.75 Å². The van der Waals surface area contributed by atoms with E-state index in [9.17, 15) is 0 Å². The van der Waals surface area contributed by atoms with Gasteiger partial charge in [-0.25, -0.2) is 0 Å². The Kier molecular flexibility index (Phi) is 5.77. The fraction of sp³-hybridized carbons (Fsp3) is 0.100. The molecule has 0 spiro atoms. The van der Waals surface area contributed by atoms with Gasteiger partial charge in [-0.15, -0.1) is 11.8 Å². The molecule has 212 valence electrons. The molecule has 44 heavy (non-hydrogen) atoms. The molecule has 0 radical (unpaired) electrons. The van der Waals surface area contributed by atoms with Crippen LogP contribution in [0.25, 0.3) is 86.6 Å². The number of fused-ring (bicyclic) bond motifs is 15. The molecule has 0 unspecified atom stereocenters. The largest absolute Gasteiger partial charge is 0.456 e. The van der Waals surface area contributed by atoms with Crippen molar-refractivity contribution in [2.24, 2.45) is 0 Å². The van der Waals surface area contributed by atoms with Crippen molar-refractivity contribution in [3.05, 3.63) is 112 Å². The summed E-state index contributed by atoms with van der Waals surface area (Å²) in [5, 5.41) is 17.2. The van der Waals surface area contributed by atoms with Gasteiger partial charge in [0, 0.05) is 40.1 Å². The third-order valence-electron chi connectivity index (χ3n) is 8.80. The quantitative estimate of drug-likeness (QED) is 0.124. The number of halogens is 2. The Morgan fingerprint density at radius 3 is 1.70 bits per heavy atom. The van der Waals surface area contributed by atoms with Gasteiger partial charge in [0.25, 0.3) is 0 Å². The lowest BCUT2D eigenvalue weighted by molar-refractivity contribution is 0.668. The van der Waals surface area contributed by atoms with Gasteiger partial charge in [-0.1, -0.05) is 131 Å². The minimum Gasteiger partial charge on any atom is -0.456 e. The van der Waals surface area contributed by atoms with Gasteiger partial charge >= 0.3 is 0 Å². The molecule has 9 rings (SSSR count). The van der Waals surface area contributed by atoms with Gasteiger partial charge in [0.05, 0.1) is 0 Å². The Hall–Kier alpha value is -3.57. The topological polar surface area (TPSA) is 13.1 Å². The number of furan rings is 1. The Morgan fingerprint density at radius 1 is 0.477 bits per heavy atom. The van der Waals surface area contributed by atoms with Crippen LogP contribution in [0.5, 0.6) is 0 Å². The van der Waals surface area contributed by atoms with Gasteiger partial charge in [0.2, 0.25) is 0 Å². The van der Waals surface area contributed by atoms with Crippen LogP contribution in [0.3, 0.4) is 0 Å². The van der Waals surface area contributed by atoms with E-state index in [1.54, 1.807) is 0 Å². The summed E-state index contributed by atoms with van der Waals surface area (Å²) in [7, 11) is 0. The smallest absolute Gasteiger partial charge is 0.137 e. The monoisotopic (exact) mass is 712 g/mol. The van der Waals surface area contributed by atoms with E-state index in [4.69, 9.17) is 4.42 Å². The zero-order valence-electron chi connectivity index (χ0n) is 24.4. The molecule has 0 atom stereocenters. The minimum absolute atomic E-state index is 0.0287. The van der Waals surface area contributed by atoms with Crippen LogP contribution >= 0.6 is 43.6 Å². The van der Waals surface area contributed by atoms with Crippen molar-refractivity contribution in [2.45, 2.75) is 30.4 Å². The Morgan fingerprint density at radius 2 is 1.05 bits per heavy atom. The molecule has 0 amide bonds. The molecule has 1 heterocycles. The molecule has 0 fully saturated rings. The predicted molar refractivity (Wildman–Crippen MR) is 200 cm³/mol. The van der Waals surface area contributed by atoms with Crippen molar-refractivity contribution < 1.29 is 4.42 Å². The molecule has 0 aliphatic rings. The van der Waals surface area contributed by atoms with Crippen LogP contribution in [0.2, 0.25) is 0 Å². The maximum atomic E-state index is 6.87. The van der Waals surface area contributed by atoms with Crippen molar-refractivity contribution in [3.63, 3.8) is 0 Å². The van der Waals surface area contributed by atoms with E-state index in [1.165, 1.54) is 80.3 Å². The molecular formula is C40H26Br2OS. The molecule has 0 aliphatic heterocycles. The van der Waals surface area contributed by atoms with Crippen LogP contribution in [-0.4, -0.2) is 4.75 Å². The third kappa shape index (κ3) is 3.84. The Balaban J connectivity index is 1.64. The number of rotatable bonds is 1. The van der Waals surface area contributed by atoms with Crippen LogP contribution < -0.4 is 0 Å². The second-order valence-corrected chi connectivity index (χ2v) is 16.2. The summed E-state index contributed by atoms with van der Waals surface area (Å²) in [6.45, 7) is 6.83. The van der Waals surface area contributed by atoms with Crippen molar-refractivity contribution in [1.82, 2.24) is 0 Å². The Labute approximate surface area is 275 Å². The van der Waals surface area contributed by atoms with Crippen LogP contribution in [0.15, 0.2) is 121 Å². The molecule has 8 aromatic carbocycles. The molecule has 1 nitrogen and oxygen atoms in total. The maximum absolute atomic E-state index is 6.87. The first kappa shape index (κ1) is 26.8. The predicted octanol–water partition coefficient (Wildman–Crippen LogP) is 13.9. The van der Waals surface area contributed by atoms with E-state index in [0.717, 1.165) is 20.1 Å². The third-order valence-corrected chi connectivity index (χ3v) is 11.3. The lowest BCUT2D eigenvalue weighted by Crippen LogP contribution is -2.06. The van der Waals surface area contributed by atoms with Crippen molar-refractivity contribution in [3.8, 4) is 0 Å². The number of hydrogen-bond acceptors (Lipinski definition) is 2. The van der Waals surface area contributed by atoms with Crippen molar-refractivity contribution in [2.75, 3.05) is 0 Å². The molecule has 0 N–H and O–H groups in total. The van der Waals surface area contributed by atoms with Crippen molar-refractivity contribution >= 4 is 130 Å². The highest BCUT2D eigenvalue weighted by Gasteiger charge is 2.24. The number of benzene rings is 8. The van der Waals surface area contributed by atoms with E-state index in [0.29, 0.717) is 0 Å². The number of thioether (sulfide) groups is 1. The first-order valence-electron chi connectivity index (χ1n) is 14.8. The lowest BCUT2D eigenvalue weighted by atomic mass is 9.90. The molecular weight excluding hydrogens is 688 g/mol. The summed E-state index contributed by atoms with van der Waals surface area (Å²) in [5.74, 6) is 0. The summed E-state index contributed by atoms with van der Waals surface area (Å²) in [6, 6.07) is 37.7. The highest BCUT2D eigenvalue weighted by molar-refractivity contribution is 9.11. The SMILES string of the molecule is CC(C)(C)Sc1cc2oc3ccc4cc(Br)c5ccc6ccccc6c5c4c3c2c2c1cc(Br)c1ccc3ccccc3c12. The van der Waals surface area contributed by atoms with Gasteiger partial charge < -0.3 is 4.42 Å². The summed E-state index contributed by atoms with van der Waals surface area (Å²) >= 11 is 9.81. The van der Waals surface area contributed by atoms with Gasteiger partial charge in [-0.2, -0.15) is 0 Å². The minimum atomic E-state index is 0.0287. The molecule has 0 bridgehead atoms. The zero-order chi connectivity index (χ0) is 29.9. The average molecular weight is 715 g/mol. The molecule has 0 aliphatic carbocycles. The average Bonchev–Trinajstić information content (AvgIpc) is 3.38. The standard InChI is InChI=1S/C40H26Br2OS/c1-40(2,3)44-33-20-32-39(37-28(33)19-30(42)27-16-13-22-9-5-7-11-25(22)36(27)37)38-31(43-32)17-14-23-18-29(41)26-15-12-21-8-4-6-10-24(21)35(26)34(23)38/h4-20H,1-3H3. The maximum Gasteiger partial charge on any atom is 0.137 e. The highest BCUT2D eigenvalue weighted by Crippen LogP contribution is 2.50. The Bertz CT molecular complexity index is 2700. The fourth-order valence-corrected chi connectivity index (χ4v) is 9.37. The number of hydrogen-bond donors (Lipinski definition) is 0. The molecule has 0 saturated carbocycles. The van der Waals surface area contributed by atoms with Crippen LogP contribution in [-0.2, 0) is 0 Å². The summed E-state index contributed by atoms with van der Waals surface area (Å²) < 4.78 is 9.11. The molecule has 4 heteroatoms. The van der Waals surface area contributed by atoms with Gasteiger partial charge in [-0.05, 0) is 78.1 Å². The lowest BCUT2D eigenvalue weighted by Gasteiger charge is -2.20. The summed E-state index contributed by atoms with van der Waals surface area (Å²) in [6.07, 6.45) is 0. The van der Waals surface area contributed by atoms with Crippen molar-refractivity contribution in [1.29, 1.82) is 0 Å². The van der Waals surface area contributed by atoms with Crippen LogP contribution in [0, 0.1) is 0 Å². The van der Waals surface area contributed by atoms with Gasteiger partial charge in [-0.3, -0.25) is 0 Å². The first-order chi connectivity index (χ1) is 21.3. The highest BCUT2D eigenvalue weighted by atomic mass is 79.9. The van der Waals surface area contributed by atoms with E-state index >= 15 is 0 Å². The molecule has 9 aromatic rings. The van der Waals surface area contributed by atoms with E-state index in [1.807, 2.05) is 11.8 Å². The second kappa shape index (κ2) is 9.47. The van der Waals surface area contributed by atoms with E-state index < -0.39 is 0 Å². The van der Waals surface area contributed by atoms with Gasteiger partial charge in [0.1, 0.15) is 11.2 Å². The summed E-state index contributed by atoms with van der Waals surface area (Å²) in [4.78, 5) is 1.23. The fourth-order valence-electron chi connectivity index (χ4n) is 7.14. The second-order valence-electron chi connectivity index (χ2n) is 12.7. The molecule has 0 saturated heterocycles. The molecule has 1 aromatic heterocycles. The first-order valence-corrected chi connectivity index (χ1v) is 17.2.